The Bertz CT molecular complexity index is 485. The van der Waals surface area contributed by atoms with Crippen molar-refractivity contribution in [2.24, 2.45) is 0 Å². The fourth-order valence-electron chi connectivity index (χ4n) is 1.93. The van der Waals surface area contributed by atoms with Gasteiger partial charge >= 0.3 is 0 Å². The van der Waals surface area contributed by atoms with Gasteiger partial charge in [-0.1, -0.05) is 32.0 Å². The fraction of sp³-hybridized carbons (Fsp3) is 0.538. The van der Waals surface area contributed by atoms with Gasteiger partial charge in [0.15, 0.2) is 0 Å². The molecule has 4 nitrogen and oxygen atoms in total. The summed E-state index contributed by atoms with van der Waals surface area (Å²) in [5.41, 5.74) is 0.444. The lowest BCUT2D eigenvalue weighted by Crippen LogP contribution is -2.38. The Kier molecular flexibility index (Phi) is 5.31. The van der Waals surface area contributed by atoms with Crippen LogP contribution in [0.2, 0.25) is 0 Å². The van der Waals surface area contributed by atoms with E-state index in [1.165, 1.54) is 4.31 Å². The molecule has 1 rings (SSSR count). The van der Waals surface area contributed by atoms with Crippen LogP contribution >= 0.6 is 0 Å². The second-order valence-electron chi connectivity index (χ2n) is 4.23. The van der Waals surface area contributed by atoms with Gasteiger partial charge in [0.1, 0.15) is 0 Å². The number of sulfonamides is 1. The minimum absolute atomic E-state index is 0.0493. The van der Waals surface area contributed by atoms with Crippen molar-refractivity contribution in [3.63, 3.8) is 0 Å². The number of rotatable bonds is 6. The minimum Gasteiger partial charge on any atom is -0.392 e. The monoisotopic (exact) mass is 271 g/mol. The Labute approximate surface area is 109 Å². The lowest BCUT2D eigenvalue weighted by Gasteiger charge is -2.27. The van der Waals surface area contributed by atoms with Crippen molar-refractivity contribution >= 4 is 10.0 Å². The molecule has 0 aliphatic rings. The molecule has 1 N–H and O–H groups in total. The van der Waals surface area contributed by atoms with E-state index in [1.54, 1.807) is 24.3 Å². The summed E-state index contributed by atoms with van der Waals surface area (Å²) >= 11 is 0. The van der Waals surface area contributed by atoms with Crippen LogP contribution in [0.25, 0.3) is 0 Å². The van der Waals surface area contributed by atoms with Crippen LogP contribution in [0.4, 0.5) is 0 Å². The van der Waals surface area contributed by atoms with Crippen molar-refractivity contribution < 1.29 is 13.5 Å². The van der Waals surface area contributed by atoms with Gasteiger partial charge < -0.3 is 5.11 Å². The van der Waals surface area contributed by atoms with Crippen LogP contribution in [-0.4, -0.2) is 30.4 Å². The molecule has 0 heterocycles. The third-order valence-corrected chi connectivity index (χ3v) is 5.31. The van der Waals surface area contributed by atoms with Gasteiger partial charge in [-0.25, -0.2) is 8.42 Å². The van der Waals surface area contributed by atoms with Crippen molar-refractivity contribution in [1.82, 2.24) is 4.31 Å². The smallest absolute Gasteiger partial charge is 0.243 e. The number of nitrogens with zero attached hydrogens (tertiary/aromatic N) is 1. The summed E-state index contributed by atoms with van der Waals surface area (Å²) in [6.45, 7) is 5.83. The molecule has 1 aromatic rings. The Balaban J connectivity index is 3.27. The maximum atomic E-state index is 12.6. The number of hydrogen-bond donors (Lipinski definition) is 1. The van der Waals surface area contributed by atoms with Gasteiger partial charge in [-0.05, 0) is 25.0 Å². The van der Waals surface area contributed by atoms with Gasteiger partial charge in [0.05, 0.1) is 11.5 Å². The molecular weight excluding hydrogens is 250 g/mol. The zero-order chi connectivity index (χ0) is 13.8. The second kappa shape index (κ2) is 6.31. The maximum absolute atomic E-state index is 12.6. The molecule has 0 saturated carbocycles. The molecular formula is C13H21NO3S. The quantitative estimate of drug-likeness (QED) is 0.861. The summed E-state index contributed by atoms with van der Waals surface area (Å²) in [7, 11) is -3.53. The highest BCUT2D eigenvalue weighted by atomic mass is 32.2. The van der Waals surface area contributed by atoms with Gasteiger partial charge in [-0.15, -0.1) is 0 Å². The Morgan fingerprint density at radius 1 is 1.28 bits per heavy atom. The van der Waals surface area contributed by atoms with E-state index < -0.39 is 10.0 Å². The summed E-state index contributed by atoms with van der Waals surface area (Å²) < 4.78 is 26.6. The highest BCUT2D eigenvalue weighted by molar-refractivity contribution is 7.89. The van der Waals surface area contributed by atoms with Crippen LogP contribution in [-0.2, 0) is 16.6 Å². The first-order valence-corrected chi connectivity index (χ1v) is 7.63. The van der Waals surface area contributed by atoms with Gasteiger partial charge in [0.2, 0.25) is 10.0 Å². The number of benzene rings is 1. The normalized spacial score (nSPS) is 13.8. The molecule has 0 bridgehead atoms. The predicted molar refractivity (Wildman–Crippen MR) is 71.7 cm³/mol. The molecule has 0 spiro atoms. The molecule has 0 aliphatic heterocycles. The van der Waals surface area contributed by atoms with Crippen LogP contribution in [0.3, 0.4) is 0 Å². The van der Waals surface area contributed by atoms with E-state index in [4.69, 9.17) is 0 Å². The van der Waals surface area contributed by atoms with Crippen LogP contribution < -0.4 is 0 Å². The van der Waals surface area contributed by atoms with Crippen LogP contribution in [0.1, 0.15) is 32.8 Å². The van der Waals surface area contributed by atoms with Gasteiger partial charge in [-0.2, -0.15) is 4.31 Å². The molecule has 0 radical (unpaired) electrons. The molecule has 5 heteroatoms. The van der Waals surface area contributed by atoms with Gasteiger partial charge in [0, 0.05) is 12.6 Å². The van der Waals surface area contributed by atoms with Crippen LogP contribution in [0.15, 0.2) is 29.2 Å². The maximum Gasteiger partial charge on any atom is 0.243 e. The third-order valence-electron chi connectivity index (χ3n) is 3.12. The van der Waals surface area contributed by atoms with Gasteiger partial charge in [0.25, 0.3) is 0 Å². The summed E-state index contributed by atoms with van der Waals surface area (Å²) in [4.78, 5) is 0.203. The molecule has 1 unspecified atom stereocenters. The first kappa shape index (κ1) is 15.1. The average Bonchev–Trinajstić information content (AvgIpc) is 2.38. The Hall–Kier alpha value is -0.910. The largest absolute Gasteiger partial charge is 0.392 e. The zero-order valence-corrected chi connectivity index (χ0v) is 11.9. The highest BCUT2D eigenvalue weighted by Crippen LogP contribution is 2.22. The molecule has 0 saturated heterocycles. The molecule has 0 aliphatic carbocycles. The van der Waals surface area contributed by atoms with E-state index in [-0.39, 0.29) is 17.5 Å². The van der Waals surface area contributed by atoms with Crippen molar-refractivity contribution in [1.29, 1.82) is 0 Å². The van der Waals surface area contributed by atoms with E-state index in [9.17, 15) is 13.5 Å². The van der Waals surface area contributed by atoms with E-state index in [2.05, 4.69) is 0 Å². The molecule has 0 amide bonds. The van der Waals surface area contributed by atoms with Crippen molar-refractivity contribution in [3.8, 4) is 0 Å². The summed E-state index contributed by atoms with van der Waals surface area (Å²) in [5.74, 6) is 0. The minimum atomic E-state index is -3.53. The molecule has 102 valence electrons. The van der Waals surface area contributed by atoms with E-state index in [0.717, 1.165) is 6.42 Å². The molecule has 0 fully saturated rings. The molecule has 18 heavy (non-hydrogen) atoms. The summed E-state index contributed by atoms with van der Waals surface area (Å²) in [6, 6.07) is 6.54. The average molecular weight is 271 g/mol. The first-order valence-electron chi connectivity index (χ1n) is 6.19. The Morgan fingerprint density at radius 3 is 2.39 bits per heavy atom. The number of aliphatic hydroxyl groups is 1. The summed E-state index contributed by atoms with van der Waals surface area (Å²) in [6.07, 6.45) is 0.758. The topological polar surface area (TPSA) is 57.6 Å². The predicted octanol–water partition coefficient (Wildman–Crippen LogP) is 1.99. The van der Waals surface area contributed by atoms with Crippen LogP contribution in [0.5, 0.6) is 0 Å². The van der Waals surface area contributed by atoms with Crippen molar-refractivity contribution in [3.05, 3.63) is 29.8 Å². The lowest BCUT2D eigenvalue weighted by atomic mass is 10.2. The summed E-state index contributed by atoms with van der Waals surface area (Å²) in [5, 5.41) is 9.25. The van der Waals surface area contributed by atoms with Gasteiger partial charge in [-0.3, -0.25) is 0 Å². The Morgan fingerprint density at radius 2 is 1.89 bits per heavy atom. The van der Waals surface area contributed by atoms with E-state index in [0.29, 0.717) is 12.1 Å². The second-order valence-corrected chi connectivity index (χ2v) is 6.09. The lowest BCUT2D eigenvalue weighted by molar-refractivity contribution is 0.277. The number of hydrogen-bond acceptors (Lipinski definition) is 3. The first-order chi connectivity index (χ1) is 8.48. The van der Waals surface area contributed by atoms with Crippen molar-refractivity contribution in [2.75, 3.05) is 6.54 Å². The molecule has 1 atom stereocenters. The van der Waals surface area contributed by atoms with E-state index >= 15 is 0 Å². The fourth-order valence-corrected chi connectivity index (χ4v) is 3.86. The molecule has 0 aromatic heterocycles. The molecule has 1 aromatic carbocycles. The van der Waals surface area contributed by atoms with Crippen molar-refractivity contribution in [2.45, 2.75) is 44.7 Å². The van der Waals surface area contributed by atoms with E-state index in [1.807, 2.05) is 20.8 Å². The highest BCUT2D eigenvalue weighted by Gasteiger charge is 2.28. The SMILES string of the molecule is CCC(C)N(CC)S(=O)(=O)c1ccccc1CO. The standard InChI is InChI=1S/C13H21NO3S/c1-4-11(3)14(5-2)18(16,17)13-9-7-6-8-12(13)10-15/h6-9,11,15H,4-5,10H2,1-3H3. The van der Waals surface area contributed by atoms with Crippen LogP contribution in [0, 0.1) is 0 Å². The zero-order valence-electron chi connectivity index (χ0n) is 11.1. The third kappa shape index (κ3) is 2.91. The number of aliphatic hydroxyl groups excluding tert-OH is 1.